The molecule has 0 bridgehead atoms. The summed E-state index contributed by atoms with van der Waals surface area (Å²) in [4.78, 5) is 8.29. The van der Waals surface area contributed by atoms with Gasteiger partial charge < -0.3 is 19.3 Å². The molecule has 0 aliphatic heterocycles. The van der Waals surface area contributed by atoms with Crippen LogP contribution in [0.5, 0.6) is 17.5 Å². The minimum atomic E-state index is -0.852. The van der Waals surface area contributed by atoms with Crippen LogP contribution in [0.3, 0.4) is 0 Å². The summed E-state index contributed by atoms with van der Waals surface area (Å²) in [7, 11) is 4.57. The third-order valence-electron chi connectivity index (χ3n) is 3.07. The van der Waals surface area contributed by atoms with Crippen LogP contribution in [0.1, 0.15) is 17.4 Å². The summed E-state index contributed by atoms with van der Waals surface area (Å²) in [6.45, 7) is 0. The summed E-state index contributed by atoms with van der Waals surface area (Å²) in [6.07, 6.45) is 0.944. The van der Waals surface area contributed by atoms with Gasteiger partial charge in [-0.15, -0.1) is 0 Å². The zero-order valence-electron chi connectivity index (χ0n) is 12.2. The van der Waals surface area contributed by atoms with Gasteiger partial charge in [-0.25, -0.2) is 4.98 Å². The number of hydrogen-bond donors (Lipinski definition) is 1. The van der Waals surface area contributed by atoms with Crippen LogP contribution >= 0.6 is 0 Å². The largest absolute Gasteiger partial charge is 0.496 e. The van der Waals surface area contributed by atoms with Crippen molar-refractivity contribution in [3.05, 3.63) is 41.7 Å². The van der Waals surface area contributed by atoms with Gasteiger partial charge in [0, 0.05) is 6.42 Å². The zero-order valence-corrected chi connectivity index (χ0v) is 12.2. The molecule has 0 saturated heterocycles. The SMILES string of the molecule is COc1cnc(C(O)Cc2ccccc2OC)c(OC)n1. The predicted octanol–water partition coefficient (Wildman–Crippen LogP) is 1.78. The normalized spacial score (nSPS) is 11.8. The fourth-order valence-electron chi connectivity index (χ4n) is 2.02. The Morgan fingerprint density at radius 3 is 2.52 bits per heavy atom. The number of hydrogen-bond acceptors (Lipinski definition) is 6. The molecule has 6 nitrogen and oxygen atoms in total. The molecule has 1 atom stereocenters. The Balaban J connectivity index is 2.25. The fourth-order valence-corrected chi connectivity index (χ4v) is 2.02. The molecule has 2 rings (SSSR count). The van der Waals surface area contributed by atoms with Crippen molar-refractivity contribution in [2.45, 2.75) is 12.5 Å². The van der Waals surface area contributed by atoms with E-state index >= 15 is 0 Å². The lowest BCUT2D eigenvalue weighted by Crippen LogP contribution is -2.09. The van der Waals surface area contributed by atoms with Crippen molar-refractivity contribution >= 4 is 0 Å². The number of aromatic nitrogens is 2. The van der Waals surface area contributed by atoms with Gasteiger partial charge in [-0.3, -0.25) is 0 Å². The fraction of sp³-hybridized carbons (Fsp3) is 0.333. The highest BCUT2D eigenvalue weighted by molar-refractivity contribution is 5.35. The maximum Gasteiger partial charge on any atom is 0.241 e. The number of aliphatic hydroxyl groups excluding tert-OH is 1. The van der Waals surface area contributed by atoms with Gasteiger partial charge in [0.1, 0.15) is 17.5 Å². The molecule has 0 amide bonds. The molecule has 0 aliphatic rings. The standard InChI is InChI=1S/C15H18N2O4/c1-19-12-7-5-4-6-10(12)8-11(18)14-15(21-3)17-13(20-2)9-16-14/h4-7,9,11,18H,8H2,1-3H3. The minimum Gasteiger partial charge on any atom is -0.496 e. The van der Waals surface area contributed by atoms with Crippen molar-refractivity contribution in [2.75, 3.05) is 21.3 Å². The topological polar surface area (TPSA) is 73.7 Å². The Labute approximate surface area is 123 Å². The lowest BCUT2D eigenvalue weighted by Gasteiger charge is -2.15. The van der Waals surface area contributed by atoms with E-state index in [4.69, 9.17) is 14.2 Å². The molecule has 1 aromatic heterocycles. The third-order valence-corrected chi connectivity index (χ3v) is 3.07. The lowest BCUT2D eigenvalue weighted by atomic mass is 10.0. The van der Waals surface area contributed by atoms with Crippen LogP contribution in [0, 0.1) is 0 Å². The number of ether oxygens (including phenoxy) is 3. The number of nitrogens with zero attached hydrogens (tertiary/aromatic N) is 2. The van der Waals surface area contributed by atoms with Gasteiger partial charge in [0.2, 0.25) is 11.8 Å². The molecule has 1 heterocycles. The molecule has 1 unspecified atom stereocenters. The molecule has 1 N–H and O–H groups in total. The first-order valence-electron chi connectivity index (χ1n) is 6.44. The summed E-state index contributed by atoms with van der Waals surface area (Å²) in [5, 5.41) is 10.4. The van der Waals surface area contributed by atoms with E-state index < -0.39 is 6.10 Å². The van der Waals surface area contributed by atoms with Crippen molar-refractivity contribution in [1.82, 2.24) is 9.97 Å². The minimum absolute atomic E-state index is 0.247. The molecule has 1 aromatic carbocycles. The molecule has 0 saturated carbocycles. The summed E-state index contributed by atoms with van der Waals surface area (Å²) < 4.78 is 15.4. The van der Waals surface area contributed by atoms with Crippen LogP contribution in [0.25, 0.3) is 0 Å². The summed E-state index contributed by atoms with van der Waals surface area (Å²) in [6, 6.07) is 7.51. The average molecular weight is 290 g/mol. The van der Waals surface area contributed by atoms with Gasteiger partial charge in [0.05, 0.1) is 27.5 Å². The third kappa shape index (κ3) is 3.41. The van der Waals surface area contributed by atoms with E-state index in [9.17, 15) is 5.11 Å². The van der Waals surface area contributed by atoms with Crippen LogP contribution in [-0.2, 0) is 6.42 Å². The number of rotatable bonds is 6. The molecule has 6 heteroatoms. The van der Waals surface area contributed by atoms with Gasteiger partial charge in [-0.05, 0) is 11.6 Å². The Morgan fingerprint density at radius 2 is 1.86 bits per heavy atom. The van der Waals surface area contributed by atoms with Crippen molar-refractivity contribution in [2.24, 2.45) is 0 Å². The van der Waals surface area contributed by atoms with Crippen molar-refractivity contribution < 1.29 is 19.3 Å². The highest BCUT2D eigenvalue weighted by atomic mass is 16.5. The molecule has 21 heavy (non-hydrogen) atoms. The maximum atomic E-state index is 10.4. The highest BCUT2D eigenvalue weighted by Crippen LogP contribution is 2.28. The van der Waals surface area contributed by atoms with E-state index in [-0.39, 0.29) is 5.88 Å². The van der Waals surface area contributed by atoms with E-state index in [0.717, 1.165) is 11.3 Å². The van der Waals surface area contributed by atoms with E-state index in [0.29, 0.717) is 18.0 Å². The predicted molar refractivity (Wildman–Crippen MR) is 76.8 cm³/mol. The van der Waals surface area contributed by atoms with E-state index in [1.807, 2.05) is 24.3 Å². The van der Waals surface area contributed by atoms with Gasteiger partial charge in [0.25, 0.3) is 0 Å². The Morgan fingerprint density at radius 1 is 1.10 bits per heavy atom. The maximum absolute atomic E-state index is 10.4. The second-order valence-corrected chi connectivity index (χ2v) is 4.34. The first-order chi connectivity index (χ1) is 10.2. The molecular weight excluding hydrogens is 272 g/mol. The van der Waals surface area contributed by atoms with Crippen molar-refractivity contribution in [3.63, 3.8) is 0 Å². The number of methoxy groups -OCH3 is 3. The van der Waals surface area contributed by atoms with Gasteiger partial charge in [-0.1, -0.05) is 18.2 Å². The molecule has 0 aliphatic carbocycles. The highest BCUT2D eigenvalue weighted by Gasteiger charge is 2.19. The zero-order chi connectivity index (χ0) is 15.2. The van der Waals surface area contributed by atoms with Crippen LogP contribution < -0.4 is 14.2 Å². The molecule has 2 aromatic rings. The quantitative estimate of drug-likeness (QED) is 0.874. The Bertz CT molecular complexity index is 604. The van der Waals surface area contributed by atoms with Gasteiger partial charge in [-0.2, -0.15) is 4.98 Å². The van der Waals surface area contributed by atoms with Gasteiger partial charge in [0.15, 0.2) is 0 Å². The smallest absolute Gasteiger partial charge is 0.241 e. The first kappa shape index (κ1) is 15.1. The number of aliphatic hydroxyl groups is 1. The van der Waals surface area contributed by atoms with Crippen molar-refractivity contribution in [1.29, 1.82) is 0 Å². The monoisotopic (exact) mass is 290 g/mol. The van der Waals surface area contributed by atoms with Crippen molar-refractivity contribution in [3.8, 4) is 17.5 Å². The first-order valence-corrected chi connectivity index (χ1v) is 6.44. The van der Waals surface area contributed by atoms with Crippen LogP contribution in [-0.4, -0.2) is 36.4 Å². The van der Waals surface area contributed by atoms with Crippen LogP contribution in [0.2, 0.25) is 0 Å². The van der Waals surface area contributed by atoms with E-state index in [1.165, 1.54) is 20.4 Å². The van der Waals surface area contributed by atoms with E-state index in [2.05, 4.69) is 9.97 Å². The summed E-state index contributed by atoms with van der Waals surface area (Å²) in [5.41, 5.74) is 1.25. The molecule has 112 valence electrons. The van der Waals surface area contributed by atoms with E-state index in [1.54, 1.807) is 7.11 Å². The summed E-state index contributed by atoms with van der Waals surface area (Å²) >= 11 is 0. The molecule has 0 radical (unpaired) electrons. The Kier molecular flexibility index (Phi) is 4.94. The number of para-hydroxylation sites is 1. The average Bonchev–Trinajstić information content (AvgIpc) is 2.54. The second kappa shape index (κ2) is 6.90. The summed E-state index contributed by atoms with van der Waals surface area (Å²) in [5.74, 6) is 1.30. The Hall–Kier alpha value is -2.34. The number of benzene rings is 1. The molecule has 0 fully saturated rings. The van der Waals surface area contributed by atoms with Gasteiger partial charge >= 0.3 is 0 Å². The lowest BCUT2D eigenvalue weighted by molar-refractivity contribution is 0.166. The molecule has 0 spiro atoms. The molecular formula is C15H18N2O4. The second-order valence-electron chi connectivity index (χ2n) is 4.34. The van der Waals surface area contributed by atoms with Crippen LogP contribution in [0.4, 0.5) is 0 Å². The van der Waals surface area contributed by atoms with Crippen LogP contribution in [0.15, 0.2) is 30.5 Å².